The zero-order valence-corrected chi connectivity index (χ0v) is 40.9. The van der Waals surface area contributed by atoms with E-state index in [1.54, 1.807) is 24.8 Å². The fourth-order valence-electron chi connectivity index (χ4n) is 5.24. The molecule has 8 aromatic heterocycles. The molecule has 38 nitrogen and oxygen atoms in total. The van der Waals surface area contributed by atoms with Gasteiger partial charge in [-0.1, -0.05) is 24.3 Å². The Morgan fingerprint density at radius 3 is 0.658 bits per heavy atom. The molecule has 0 aliphatic heterocycles. The van der Waals surface area contributed by atoms with Gasteiger partial charge in [0.2, 0.25) is 0 Å². The van der Waals surface area contributed by atoms with Crippen LogP contribution >= 0.6 is 0 Å². The summed E-state index contributed by atoms with van der Waals surface area (Å²) in [4.78, 5) is 68.0. The molecule has 8 aromatic rings. The monoisotopic (exact) mass is 1170 g/mol. The first-order valence-electron chi connectivity index (χ1n) is 19.3. The molecule has 40 heteroatoms. The minimum Gasteiger partial charge on any atom is -0.457 e. The number of pyridine rings is 4. The van der Waals surface area contributed by atoms with Crippen LogP contribution in [0.3, 0.4) is 0 Å². The van der Waals surface area contributed by atoms with E-state index in [2.05, 4.69) is 80.7 Å². The number of H-pyrrole nitrogens is 4. The topological polar surface area (TPSA) is 678 Å². The molecule has 0 aliphatic carbocycles. The van der Waals surface area contributed by atoms with Gasteiger partial charge in [-0.05, 0) is 74.2 Å². The van der Waals surface area contributed by atoms with Gasteiger partial charge in [-0.25, -0.2) is 19.9 Å². The number of hydrogen-bond donors (Lipinski definition) is 4. The van der Waals surface area contributed by atoms with Crippen LogP contribution in [0.15, 0.2) is 97.6 Å². The second-order valence-corrected chi connectivity index (χ2v) is 12.6. The van der Waals surface area contributed by atoms with Gasteiger partial charge in [0, 0.05) is 50.5 Å². The number of unbranched alkanes of at least 4 members (excludes halogenated alkanes) is 2. The zero-order valence-electron chi connectivity index (χ0n) is 38.9. The van der Waals surface area contributed by atoms with Gasteiger partial charge in [0.05, 0.1) is 20.3 Å². The first-order chi connectivity index (χ1) is 32.7. The average molecular weight is 1170 g/mol. The van der Waals surface area contributed by atoms with Crippen LogP contribution in [-0.4, -0.2) is 112 Å². The summed E-state index contributed by atoms with van der Waals surface area (Å²) in [7, 11) is 0. The Labute approximate surface area is 445 Å². The molecule has 0 aromatic carbocycles. The third kappa shape index (κ3) is 33.4. The van der Waals surface area contributed by atoms with Crippen molar-refractivity contribution in [1.29, 1.82) is 0 Å². The van der Waals surface area contributed by atoms with Crippen LogP contribution in [0, 0.1) is 61.3 Å². The second kappa shape index (κ2) is 44.4. The van der Waals surface area contributed by atoms with Gasteiger partial charge in [0.15, 0.2) is 23.3 Å². The van der Waals surface area contributed by atoms with Gasteiger partial charge in [0.1, 0.15) is 46.1 Å². The van der Waals surface area contributed by atoms with Crippen molar-refractivity contribution in [3.63, 3.8) is 0 Å². The normalized spacial score (nSPS) is 8.74. The Bertz CT molecular complexity index is 2320. The predicted octanol–water partition coefficient (Wildman–Crippen LogP) is -1.07. The summed E-state index contributed by atoms with van der Waals surface area (Å²) in [5.41, 5.74) is 3.11. The van der Waals surface area contributed by atoms with Crippen molar-refractivity contribution in [2.45, 2.75) is 51.4 Å². The average Bonchev–Trinajstić information content (AvgIpc) is 4.16. The fourth-order valence-corrected chi connectivity index (χ4v) is 5.24. The standard InChI is InChI=1S/2C18H18N8.4NO3.2Ni.6H2O/c2*1(9-15-21-17(25-23-15)13-7-3-5-11-19-13)2-10-16-22-18(26-24-16)14-8-4-6-12-20-14;4*2-1(3)4;;;;;;;;/h2*3-8,11-12H,1-2,9-10H2,(H,21,23,25)(H,22,24,26);;;;;;;6*1H2/q;;4*-1;2*+2;;;;;;/p+4. The molecular formula is C36H52N20Ni2O18+4. The maximum Gasteiger partial charge on any atom is 2.00 e. The molecule has 0 spiro atoms. The van der Waals surface area contributed by atoms with Crippen LogP contribution in [0.2, 0.25) is 0 Å². The fraction of sp³-hybridized carbons (Fsp3) is 0.222. The third-order valence-corrected chi connectivity index (χ3v) is 7.86. The number of nitrogens with one attached hydrogen (secondary N) is 4. The molecule has 0 saturated carbocycles. The van der Waals surface area contributed by atoms with Crippen molar-refractivity contribution in [1.82, 2.24) is 80.7 Å². The largest absolute Gasteiger partial charge is 2.00 e. The summed E-state index contributed by atoms with van der Waals surface area (Å²) in [5.74, 6) is 6.03. The Hall–Kier alpha value is -9.29. The van der Waals surface area contributed by atoms with Crippen molar-refractivity contribution in [2.75, 3.05) is 0 Å². The van der Waals surface area contributed by atoms with E-state index in [4.69, 9.17) is 61.3 Å². The minimum absolute atomic E-state index is 0. The first-order valence-corrected chi connectivity index (χ1v) is 19.3. The molecule has 0 bridgehead atoms. The van der Waals surface area contributed by atoms with Crippen molar-refractivity contribution in [3.8, 4) is 46.1 Å². The number of aryl methyl sites for hydroxylation is 4. The smallest absolute Gasteiger partial charge is 0.457 e. The summed E-state index contributed by atoms with van der Waals surface area (Å²) in [5, 5.41) is 87.8. The Balaban J connectivity index is -0.000000232. The predicted molar refractivity (Wildman–Crippen MR) is 260 cm³/mol. The third-order valence-electron chi connectivity index (χ3n) is 7.86. The van der Waals surface area contributed by atoms with E-state index < -0.39 is 20.3 Å². The number of aromatic amines is 4. The second-order valence-electron chi connectivity index (χ2n) is 12.6. The van der Waals surface area contributed by atoms with Gasteiger partial charge < -0.3 is 94.1 Å². The number of rotatable bonds is 14. The van der Waals surface area contributed by atoms with Crippen LogP contribution in [-0.2, 0) is 80.6 Å². The Morgan fingerprint density at radius 1 is 0.342 bits per heavy atom. The van der Waals surface area contributed by atoms with E-state index in [9.17, 15) is 0 Å². The molecule has 8 rings (SSSR count). The first kappa shape index (κ1) is 78.1. The van der Waals surface area contributed by atoms with Crippen molar-refractivity contribution in [3.05, 3.63) is 182 Å². The van der Waals surface area contributed by atoms with E-state index in [1.165, 1.54) is 0 Å². The molecule has 76 heavy (non-hydrogen) atoms. The summed E-state index contributed by atoms with van der Waals surface area (Å²) in [6, 6.07) is 22.8. The van der Waals surface area contributed by atoms with Gasteiger partial charge in [-0.3, -0.25) is 40.3 Å². The van der Waals surface area contributed by atoms with E-state index in [-0.39, 0.29) is 65.8 Å². The van der Waals surface area contributed by atoms with Crippen LogP contribution in [0.1, 0.15) is 49.0 Å². The summed E-state index contributed by atoms with van der Waals surface area (Å²) >= 11 is 0. The molecule has 420 valence electrons. The number of aromatic nitrogens is 16. The van der Waals surface area contributed by atoms with Crippen molar-refractivity contribution < 1.29 is 86.2 Å². The van der Waals surface area contributed by atoms with Gasteiger partial charge in [-0.15, -0.1) is 0 Å². The number of nitrogens with zero attached hydrogens (tertiary/aromatic N) is 16. The van der Waals surface area contributed by atoms with Crippen LogP contribution in [0.4, 0.5) is 0 Å². The van der Waals surface area contributed by atoms with Crippen LogP contribution in [0.5, 0.6) is 0 Å². The molecule has 8 heterocycles. The molecule has 20 N–H and O–H groups in total. The van der Waals surface area contributed by atoms with E-state index in [0.29, 0.717) is 23.3 Å². The SMILES string of the molecule is O.O.O=[N+]([O-])[O-].O=[N+]([O-])[O-].O=[N+]([O-])[O-].O=[N+]([O-])[O-].[Ni+2].[Ni+2].[OH3+].[OH3+].[OH3+].[OH3+].c1ccc(-c2n[nH]c(CCCCc3nc(-c4ccccn4)n[nH]3)n2)nc1.c1ccc(-c2n[nH]c(CCCCc3nc(-c4ccccn4)n[nH]3)n2)nc1. The van der Waals surface area contributed by atoms with Gasteiger partial charge in [0.25, 0.3) is 0 Å². The van der Waals surface area contributed by atoms with Crippen molar-refractivity contribution in [2.24, 2.45) is 0 Å². The van der Waals surface area contributed by atoms with E-state index >= 15 is 0 Å². The summed E-state index contributed by atoms with van der Waals surface area (Å²) in [6.07, 6.45) is 14.2. The molecule has 0 fully saturated rings. The zero-order chi connectivity index (χ0) is 49.5. The van der Waals surface area contributed by atoms with Crippen LogP contribution in [0.25, 0.3) is 46.1 Å². The molecule has 0 atom stereocenters. The van der Waals surface area contributed by atoms with Crippen molar-refractivity contribution >= 4 is 0 Å². The molecule has 0 saturated heterocycles. The maximum atomic E-state index is 8.25. The molecule has 0 aliphatic rings. The quantitative estimate of drug-likeness (QED) is 0.0331. The maximum absolute atomic E-state index is 8.25. The van der Waals surface area contributed by atoms with Gasteiger partial charge >= 0.3 is 33.0 Å². The van der Waals surface area contributed by atoms with Gasteiger partial charge in [-0.2, -0.15) is 20.4 Å². The number of hydrogen-bond acceptors (Lipinski definition) is 24. The molecule has 0 radical (unpaired) electrons. The molecule has 0 amide bonds. The molecular weight excluding hydrogens is 1120 g/mol. The van der Waals surface area contributed by atoms with E-state index in [0.717, 1.165) is 97.4 Å². The molecule has 0 unspecified atom stereocenters. The minimum atomic E-state index is -1.75. The Kier molecular flexibility index (Phi) is 45.7. The van der Waals surface area contributed by atoms with Crippen LogP contribution < -0.4 is 0 Å². The Morgan fingerprint density at radius 2 is 0.513 bits per heavy atom. The summed E-state index contributed by atoms with van der Waals surface area (Å²) in [6.45, 7) is 0. The summed E-state index contributed by atoms with van der Waals surface area (Å²) < 4.78 is 0. The van der Waals surface area contributed by atoms with E-state index in [1.807, 2.05) is 72.8 Å².